The standard InChI is InChI=1S/C16H18O.C11H15NO.C8H8N2.CH2O/c1-4-13-6-5-7-14(11-13)15-8-9-16(17-3)12(2)10-15;1-9(13)8-11(12-2)10-6-4-3-5-7-10;1-6-9-7-4-2-3-5-8(7)10-6;1-2/h5-11H,4H2,1-3H3;3-7,11-12H,8H2,1-2H3;2-5H,1H3,(H,9,10);1H2. The van der Waals surface area contributed by atoms with Crippen LogP contribution in [0.25, 0.3) is 22.2 Å². The van der Waals surface area contributed by atoms with E-state index in [1.165, 1.54) is 27.8 Å². The average molecular weight is 566 g/mol. The molecule has 0 aliphatic rings. The number of hydrogen-bond acceptors (Lipinski definition) is 5. The second-order valence-corrected chi connectivity index (χ2v) is 9.74. The summed E-state index contributed by atoms with van der Waals surface area (Å²) in [5.74, 6) is 2.13. The minimum Gasteiger partial charge on any atom is -0.496 e. The van der Waals surface area contributed by atoms with E-state index in [-0.39, 0.29) is 11.8 Å². The number of nitrogens with zero attached hydrogens (tertiary/aromatic N) is 1. The van der Waals surface area contributed by atoms with Gasteiger partial charge in [-0.15, -0.1) is 0 Å². The summed E-state index contributed by atoms with van der Waals surface area (Å²) >= 11 is 0. The zero-order valence-corrected chi connectivity index (χ0v) is 25.6. The number of para-hydroxylation sites is 2. The SMILES string of the molecule is C=O.CCc1cccc(-c2ccc(OC)c(C)c2)c1.CNC(CC(C)=O)c1ccccc1.Cc1nc2ccccc2[nH]1. The summed E-state index contributed by atoms with van der Waals surface area (Å²) in [6.45, 7) is 9.83. The molecule has 0 bridgehead atoms. The van der Waals surface area contributed by atoms with E-state index in [0.29, 0.717) is 6.42 Å². The van der Waals surface area contributed by atoms with E-state index < -0.39 is 0 Å². The average Bonchev–Trinajstić information content (AvgIpc) is 3.42. The zero-order chi connectivity index (χ0) is 30.9. The summed E-state index contributed by atoms with van der Waals surface area (Å²) < 4.78 is 5.28. The highest BCUT2D eigenvalue weighted by Gasteiger charge is 2.10. The third-order valence-corrected chi connectivity index (χ3v) is 6.61. The number of imidazole rings is 1. The summed E-state index contributed by atoms with van der Waals surface area (Å²) in [4.78, 5) is 26.4. The fraction of sp³-hybridized carbons (Fsp3) is 0.250. The lowest BCUT2D eigenvalue weighted by Crippen LogP contribution is -2.18. The highest BCUT2D eigenvalue weighted by Crippen LogP contribution is 2.26. The van der Waals surface area contributed by atoms with E-state index in [0.717, 1.165) is 29.0 Å². The fourth-order valence-corrected chi connectivity index (χ4v) is 4.47. The van der Waals surface area contributed by atoms with Gasteiger partial charge in [0.05, 0.1) is 18.1 Å². The van der Waals surface area contributed by atoms with E-state index in [4.69, 9.17) is 9.53 Å². The molecule has 4 aromatic carbocycles. The molecule has 42 heavy (non-hydrogen) atoms. The number of fused-ring (bicyclic) bond motifs is 1. The molecule has 0 saturated carbocycles. The number of carbonyl (C=O) groups is 2. The molecular formula is C36H43N3O3. The molecule has 0 radical (unpaired) electrons. The number of methoxy groups -OCH3 is 1. The summed E-state index contributed by atoms with van der Waals surface area (Å²) in [5.41, 5.74) is 8.39. The van der Waals surface area contributed by atoms with Crippen LogP contribution >= 0.6 is 0 Å². The normalized spacial score (nSPS) is 10.6. The zero-order valence-electron chi connectivity index (χ0n) is 25.6. The van der Waals surface area contributed by atoms with Crippen molar-refractivity contribution in [1.29, 1.82) is 0 Å². The molecule has 1 heterocycles. The van der Waals surface area contributed by atoms with E-state index >= 15 is 0 Å². The van der Waals surface area contributed by atoms with Gasteiger partial charge in [0.25, 0.3) is 0 Å². The summed E-state index contributed by atoms with van der Waals surface area (Å²) in [7, 11) is 3.58. The molecule has 1 aromatic heterocycles. The molecule has 6 nitrogen and oxygen atoms in total. The monoisotopic (exact) mass is 565 g/mol. The van der Waals surface area contributed by atoms with Crippen LogP contribution in [0.15, 0.2) is 97.1 Å². The number of aromatic amines is 1. The minimum atomic E-state index is 0.152. The number of benzene rings is 4. The lowest BCUT2D eigenvalue weighted by Gasteiger charge is -2.14. The first kappa shape index (κ1) is 33.7. The number of carbonyl (C=O) groups excluding carboxylic acids is 2. The van der Waals surface area contributed by atoms with Crippen molar-refractivity contribution in [3.05, 3.63) is 120 Å². The summed E-state index contributed by atoms with van der Waals surface area (Å²) in [6, 6.07) is 33.2. The first-order chi connectivity index (χ1) is 20.3. The predicted octanol–water partition coefficient (Wildman–Crippen LogP) is 7.85. The largest absolute Gasteiger partial charge is 0.496 e. The molecule has 1 unspecified atom stereocenters. The van der Waals surface area contributed by atoms with Crippen LogP contribution in [0.4, 0.5) is 0 Å². The van der Waals surface area contributed by atoms with Crippen molar-refractivity contribution in [2.45, 2.75) is 46.6 Å². The Morgan fingerprint density at radius 3 is 2.17 bits per heavy atom. The first-order valence-corrected chi connectivity index (χ1v) is 14.0. The van der Waals surface area contributed by atoms with Crippen LogP contribution in [0.1, 0.15) is 48.8 Å². The van der Waals surface area contributed by atoms with E-state index in [9.17, 15) is 4.79 Å². The number of nitrogens with one attached hydrogen (secondary N) is 2. The maximum absolute atomic E-state index is 10.9. The van der Waals surface area contributed by atoms with Gasteiger partial charge in [0.1, 0.15) is 24.1 Å². The molecule has 2 N–H and O–H groups in total. The van der Waals surface area contributed by atoms with Crippen LogP contribution in [0.2, 0.25) is 0 Å². The van der Waals surface area contributed by atoms with Crippen molar-refractivity contribution in [2.24, 2.45) is 0 Å². The van der Waals surface area contributed by atoms with Crippen LogP contribution in [-0.2, 0) is 16.0 Å². The van der Waals surface area contributed by atoms with Crippen LogP contribution in [-0.4, -0.2) is 36.7 Å². The maximum Gasteiger partial charge on any atom is 0.131 e. The Morgan fingerprint density at radius 1 is 0.905 bits per heavy atom. The van der Waals surface area contributed by atoms with E-state index in [1.807, 2.05) is 81.4 Å². The van der Waals surface area contributed by atoms with Gasteiger partial charge in [-0.05, 0) is 86.3 Å². The number of aromatic nitrogens is 2. The molecule has 0 spiro atoms. The molecule has 0 aliphatic carbocycles. The van der Waals surface area contributed by atoms with E-state index in [1.54, 1.807) is 14.0 Å². The van der Waals surface area contributed by atoms with Gasteiger partial charge < -0.3 is 19.8 Å². The van der Waals surface area contributed by atoms with Crippen molar-refractivity contribution < 1.29 is 14.3 Å². The molecular weight excluding hydrogens is 522 g/mol. The molecule has 0 fully saturated rings. The molecule has 220 valence electrons. The van der Waals surface area contributed by atoms with Crippen molar-refractivity contribution in [3.63, 3.8) is 0 Å². The number of hydrogen-bond donors (Lipinski definition) is 2. The number of ether oxygens (including phenoxy) is 1. The Bertz CT molecular complexity index is 1480. The third-order valence-electron chi connectivity index (χ3n) is 6.61. The van der Waals surface area contributed by atoms with Crippen molar-refractivity contribution in [2.75, 3.05) is 14.2 Å². The van der Waals surface area contributed by atoms with Gasteiger partial charge in [-0.25, -0.2) is 4.98 Å². The predicted molar refractivity (Wildman–Crippen MR) is 174 cm³/mol. The summed E-state index contributed by atoms with van der Waals surface area (Å²) in [6.07, 6.45) is 1.63. The molecule has 0 amide bonds. The van der Waals surface area contributed by atoms with Gasteiger partial charge in [0.15, 0.2) is 0 Å². The molecule has 0 aliphatic heterocycles. The van der Waals surface area contributed by atoms with Gasteiger partial charge in [-0.3, -0.25) is 4.79 Å². The number of H-pyrrole nitrogens is 1. The van der Waals surface area contributed by atoms with Gasteiger partial charge in [-0.2, -0.15) is 0 Å². The fourth-order valence-electron chi connectivity index (χ4n) is 4.47. The maximum atomic E-state index is 10.9. The van der Waals surface area contributed by atoms with Crippen molar-refractivity contribution >= 4 is 23.6 Å². The molecule has 5 aromatic rings. The molecule has 1 atom stereocenters. The van der Waals surface area contributed by atoms with Gasteiger partial charge in [-0.1, -0.05) is 79.7 Å². The topological polar surface area (TPSA) is 84.1 Å². The third kappa shape index (κ3) is 10.5. The van der Waals surface area contributed by atoms with Crippen LogP contribution in [0.5, 0.6) is 5.75 Å². The Morgan fingerprint density at radius 2 is 1.57 bits per heavy atom. The summed E-state index contributed by atoms with van der Waals surface area (Å²) in [5, 5.41) is 3.13. The lowest BCUT2D eigenvalue weighted by atomic mass is 10.0. The number of aryl methyl sites for hydroxylation is 3. The highest BCUT2D eigenvalue weighted by molar-refractivity contribution is 5.76. The molecule has 6 heteroatoms. The Balaban J connectivity index is 0.000000220. The second kappa shape index (κ2) is 18.0. The lowest BCUT2D eigenvalue weighted by molar-refractivity contribution is -0.117. The molecule has 0 saturated heterocycles. The van der Waals surface area contributed by atoms with Gasteiger partial charge >= 0.3 is 0 Å². The van der Waals surface area contributed by atoms with Crippen LogP contribution < -0.4 is 10.1 Å². The number of rotatable bonds is 7. The highest BCUT2D eigenvalue weighted by atomic mass is 16.5. The minimum absolute atomic E-state index is 0.152. The van der Waals surface area contributed by atoms with Crippen molar-refractivity contribution in [3.8, 4) is 16.9 Å². The molecule has 5 rings (SSSR count). The quantitative estimate of drug-likeness (QED) is 0.210. The van der Waals surface area contributed by atoms with Crippen LogP contribution in [0.3, 0.4) is 0 Å². The van der Waals surface area contributed by atoms with Gasteiger partial charge in [0.2, 0.25) is 0 Å². The Kier molecular flexibility index (Phi) is 14.4. The Labute approximate surface area is 250 Å². The number of Topliss-reactive ketones (excluding diaryl/α,β-unsaturated/α-hetero) is 1. The number of ketones is 1. The van der Waals surface area contributed by atoms with Crippen molar-refractivity contribution in [1.82, 2.24) is 15.3 Å². The van der Waals surface area contributed by atoms with Crippen LogP contribution in [0, 0.1) is 13.8 Å². The van der Waals surface area contributed by atoms with E-state index in [2.05, 4.69) is 65.5 Å². The Hall–Kier alpha value is -4.55. The second-order valence-electron chi connectivity index (χ2n) is 9.74. The smallest absolute Gasteiger partial charge is 0.131 e. The van der Waals surface area contributed by atoms with Gasteiger partial charge in [0, 0.05) is 12.5 Å². The first-order valence-electron chi connectivity index (χ1n) is 14.0.